The summed E-state index contributed by atoms with van der Waals surface area (Å²) in [6, 6.07) is 4.04. The normalized spacial score (nSPS) is 31.3. The summed E-state index contributed by atoms with van der Waals surface area (Å²) in [6.07, 6.45) is 7.13. The molecular formula is C26H29BrN2O4S. The largest absolute Gasteiger partial charge is 0.508 e. The van der Waals surface area contributed by atoms with Crippen molar-refractivity contribution in [1.29, 1.82) is 0 Å². The van der Waals surface area contributed by atoms with Crippen LogP contribution in [0.4, 0.5) is 0 Å². The Hall–Kier alpha value is -2.03. The molecule has 5 atom stereocenters. The van der Waals surface area contributed by atoms with Gasteiger partial charge in [-0.3, -0.25) is 4.79 Å². The van der Waals surface area contributed by atoms with E-state index in [0.717, 1.165) is 58.5 Å². The van der Waals surface area contributed by atoms with Crippen LogP contribution in [0, 0.1) is 5.92 Å². The highest BCUT2D eigenvalue weighted by Gasteiger charge is 2.66. The smallest absolute Gasteiger partial charge is 0.246 e. The molecule has 2 bridgehead atoms. The minimum atomic E-state index is -0.202. The number of likely N-dealkylation sites (tertiary alicyclic amines) is 1. The number of methoxy groups -OCH3 is 1. The van der Waals surface area contributed by atoms with Crippen LogP contribution in [0.5, 0.6) is 17.2 Å². The fourth-order valence-corrected chi connectivity index (χ4v) is 8.50. The van der Waals surface area contributed by atoms with Gasteiger partial charge in [0.1, 0.15) is 11.9 Å². The fourth-order valence-electron chi connectivity index (χ4n) is 7.16. The van der Waals surface area contributed by atoms with Crippen molar-refractivity contribution in [1.82, 2.24) is 9.80 Å². The number of piperidine rings is 1. The van der Waals surface area contributed by atoms with Crippen LogP contribution in [0.15, 0.2) is 28.1 Å². The molecule has 2 aromatic rings. The van der Waals surface area contributed by atoms with Crippen LogP contribution in [-0.2, 0) is 16.6 Å². The lowest BCUT2D eigenvalue weighted by atomic mass is 9.51. The fraction of sp³-hybridized carbons (Fsp3) is 0.500. The van der Waals surface area contributed by atoms with E-state index in [1.54, 1.807) is 30.6 Å². The molecule has 0 unspecified atom stereocenters. The monoisotopic (exact) mass is 544 g/mol. The maximum Gasteiger partial charge on any atom is 0.246 e. The average molecular weight is 545 g/mol. The highest BCUT2D eigenvalue weighted by Crippen LogP contribution is 2.65. The van der Waals surface area contributed by atoms with E-state index in [1.165, 1.54) is 0 Å². The van der Waals surface area contributed by atoms with Gasteiger partial charge >= 0.3 is 0 Å². The summed E-state index contributed by atoms with van der Waals surface area (Å²) in [5.74, 6) is 2.09. The molecule has 2 fully saturated rings. The van der Waals surface area contributed by atoms with Gasteiger partial charge in [-0.1, -0.05) is 0 Å². The van der Waals surface area contributed by atoms with Gasteiger partial charge < -0.3 is 24.4 Å². The Bertz CT molecular complexity index is 1200. The molecule has 1 saturated carbocycles. The van der Waals surface area contributed by atoms with Gasteiger partial charge in [-0.2, -0.15) is 0 Å². The SMILES string of the molecule is COc1cc(O)c2c3c1O[C@H]1[C@H](N(C)C(=O)/C=C/c4cc(Br)cs4)CC[C@H]4[C@@H](C2)N(C)CC[C@@]341. The number of aromatic hydroxyl groups is 1. The Morgan fingerprint density at radius 3 is 2.97 bits per heavy atom. The predicted molar refractivity (Wildman–Crippen MR) is 136 cm³/mol. The van der Waals surface area contributed by atoms with Crippen LogP contribution >= 0.6 is 27.3 Å². The third-order valence-electron chi connectivity index (χ3n) is 8.70. The molecule has 1 spiro atoms. The van der Waals surface area contributed by atoms with E-state index < -0.39 is 0 Å². The molecule has 1 aromatic carbocycles. The van der Waals surface area contributed by atoms with Crippen molar-refractivity contribution in [3.8, 4) is 17.2 Å². The molecule has 1 aromatic heterocycles. The maximum atomic E-state index is 13.3. The van der Waals surface area contributed by atoms with Crippen LogP contribution in [0.3, 0.4) is 0 Å². The number of thiophene rings is 1. The number of halogens is 1. The van der Waals surface area contributed by atoms with E-state index in [2.05, 4.69) is 27.9 Å². The first-order valence-corrected chi connectivity index (χ1v) is 13.5. The van der Waals surface area contributed by atoms with Gasteiger partial charge in [-0.25, -0.2) is 0 Å². The number of hydrogen-bond donors (Lipinski definition) is 1. The summed E-state index contributed by atoms with van der Waals surface area (Å²) in [4.78, 5) is 18.6. The Labute approximate surface area is 212 Å². The van der Waals surface area contributed by atoms with Crippen LogP contribution in [0.2, 0.25) is 0 Å². The lowest BCUT2D eigenvalue weighted by molar-refractivity contribution is -0.134. The van der Waals surface area contributed by atoms with Crippen molar-refractivity contribution in [2.24, 2.45) is 5.92 Å². The third kappa shape index (κ3) is 3.04. The van der Waals surface area contributed by atoms with Crippen LogP contribution in [0.1, 0.15) is 35.3 Å². The highest BCUT2D eigenvalue weighted by atomic mass is 79.9. The Balaban J connectivity index is 1.39. The van der Waals surface area contributed by atoms with Gasteiger partial charge in [0.2, 0.25) is 5.91 Å². The summed E-state index contributed by atoms with van der Waals surface area (Å²) in [6.45, 7) is 0.982. The standard InChI is InChI=1S/C26H29BrN2O4S/c1-28-9-8-26-17-5-6-18(29(2)22(31)7-4-15-10-14(27)13-34-15)25(26)33-24-21(32-3)12-20(30)16(23(24)26)11-19(17)28/h4,7,10,12-13,17-19,25,30H,5-6,8-9,11H2,1-3H3/b7-4+/t17-,18+,19+,25-,26-/m0/s1. The molecular weight excluding hydrogens is 516 g/mol. The zero-order valence-electron chi connectivity index (χ0n) is 19.6. The van der Waals surface area contributed by atoms with Gasteiger partial charge in [0.15, 0.2) is 11.5 Å². The molecule has 1 amide bonds. The summed E-state index contributed by atoms with van der Waals surface area (Å²) >= 11 is 5.07. The number of carbonyl (C=O) groups excluding carboxylic acids is 1. The van der Waals surface area contributed by atoms with Crippen molar-refractivity contribution < 1.29 is 19.4 Å². The molecule has 3 heterocycles. The number of nitrogens with zero attached hydrogens (tertiary/aromatic N) is 2. The quantitative estimate of drug-likeness (QED) is 0.576. The molecule has 8 heteroatoms. The summed E-state index contributed by atoms with van der Waals surface area (Å²) in [5, 5.41) is 13.0. The number of carbonyl (C=O) groups is 1. The second-order valence-corrected chi connectivity index (χ2v) is 11.9. The van der Waals surface area contributed by atoms with Crippen molar-refractivity contribution in [3.05, 3.63) is 44.1 Å². The van der Waals surface area contributed by atoms with E-state index in [-0.39, 0.29) is 23.5 Å². The number of benzene rings is 1. The van der Waals surface area contributed by atoms with E-state index in [0.29, 0.717) is 23.5 Å². The Morgan fingerprint density at radius 1 is 1.41 bits per heavy atom. The van der Waals surface area contributed by atoms with E-state index in [9.17, 15) is 9.90 Å². The molecule has 180 valence electrons. The van der Waals surface area contributed by atoms with Gasteiger partial charge in [0.05, 0.1) is 13.2 Å². The average Bonchev–Trinajstić information content (AvgIpc) is 3.40. The van der Waals surface area contributed by atoms with E-state index in [1.807, 2.05) is 29.5 Å². The number of hydrogen-bond acceptors (Lipinski definition) is 6. The molecule has 0 radical (unpaired) electrons. The Kier molecular flexibility index (Phi) is 5.28. The first-order chi connectivity index (χ1) is 16.3. The van der Waals surface area contributed by atoms with Crippen molar-refractivity contribution in [3.63, 3.8) is 0 Å². The topological polar surface area (TPSA) is 62.2 Å². The van der Waals surface area contributed by atoms with Crippen molar-refractivity contribution in [2.75, 3.05) is 27.7 Å². The van der Waals surface area contributed by atoms with Gasteiger partial charge in [0, 0.05) is 56.5 Å². The lowest BCUT2D eigenvalue weighted by Gasteiger charge is -2.59. The molecule has 6 nitrogen and oxygen atoms in total. The van der Waals surface area contributed by atoms with Gasteiger partial charge in [-0.15, -0.1) is 11.3 Å². The van der Waals surface area contributed by atoms with Gasteiger partial charge in [0.25, 0.3) is 0 Å². The number of amides is 1. The zero-order valence-corrected chi connectivity index (χ0v) is 22.0. The van der Waals surface area contributed by atoms with Crippen molar-refractivity contribution in [2.45, 2.75) is 49.3 Å². The molecule has 1 saturated heterocycles. The summed E-state index contributed by atoms with van der Waals surface area (Å²) < 4.78 is 13.4. The summed E-state index contributed by atoms with van der Waals surface area (Å²) in [7, 11) is 5.72. The molecule has 1 N–H and O–H groups in total. The zero-order chi connectivity index (χ0) is 23.8. The maximum absolute atomic E-state index is 13.3. The van der Waals surface area contributed by atoms with Crippen LogP contribution in [0.25, 0.3) is 6.08 Å². The summed E-state index contributed by atoms with van der Waals surface area (Å²) in [5.41, 5.74) is 1.95. The Morgan fingerprint density at radius 2 is 2.24 bits per heavy atom. The molecule has 2 aliphatic carbocycles. The number of rotatable bonds is 4. The molecule has 4 aliphatic rings. The number of likely N-dealkylation sites (N-methyl/N-ethyl adjacent to an activating group) is 2. The molecule has 34 heavy (non-hydrogen) atoms. The first kappa shape index (κ1) is 22.4. The minimum Gasteiger partial charge on any atom is -0.508 e. The second kappa shape index (κ2) is 8.00. The van der Waals surface area contributed by atoms with E-state index in [4.69, 9.17) is 9.47 Å². The van der Waals surface area contributed by atoms with E-state index >= 15 is 0 Å². The van der Waals surface area contributed by atoms with Crippen molar-refractivity contribution >= 4 is 39.2 Å². The van der Waals surface area contributed by atoms with Crippen LogP contribution < -0.4 is 9.47 Å². The lowest BCUT2D eigenvalue weighted by Crippen LogP contribution is -2.68. The number of ether oxygens (including phenoxy) is 2. The molecule has 2 aliphatic heterocycles. The number of phenolic OH excluding ortho intramolecular Hbond substituents is 1. The first-order valence-electron chi connectivity index (χ1n) is 11.8. The van der Waals surface area contributed by atoms with Crippen LogP contribution in [-0.4, -0.2) is 66.8 Å². The highest BCUT2D eigenvalue weighted by molar-refractivity contribution is 9.10. The minimum absolute atomic E-state index is 0.0146. The number of phenols is 1. The second-order valence-electron chi connectivity index (χ2n) is 10.1. The molecule has 6 rings (SSSR count). The third-order valence-corrected chi connectivity index (χ3v) is 10.4. The predicted octanol–water partition coefficient (Wildman–Crippen LogP) is 4.43. The van der Waals surface area contributed by atoms with Gasteiger partial charge in [-0.05, 0) is 73.3 Å².